The first-order chi connectivity index (χ1) is 10.1. The van der Waals surface area contributed by atoms with Gasteiger partial charge in [0.05, 0.1) is 5.69 Å². The fraction of sp³-hybridized carbons (Fsp3) is 0.824. The van der Waals surface area contributed by atoms with Crippen molar-refractivity contribution in [2.24, 2.45) is 0 Å². The van der Waals surface area contributed by atoms with E-state index in [0.717, 1.165) is 19.0 Å². The van der Waals surface area contributed by atoms with E-state index >= 15 is 0 Å². The zero-order valence-electron chi connectivity index (χ0n) is 14.3. The fourth-order valence-electron chi connectivity index (χ4n) is 2.53. The van der Waals surface area contributed by atoms with Gasteiger partial charge in [0.15, 0.2) is 5.13 Å². The van der Waals surface area contributed by atoms with Gasteiger partial charge in [-0.25, -0.2) is 4.98 Å². The van der Waals surface area contributed by atoms with E-state index < -0.39 is 0 Å². The average Bonchev–Trinajstić information content (AvgIpc) is 3.22. The molecule has 1 aromatic heterocycles. The summed E-state index contributed by atoms with van der Waals surface area (Å²) in [5.74, 6) is 0.556. The molecule has 2 rings (SSSR count). The summed E-state index contributed by atoms with van der Waals surface area (Å²) in [6.07, 6.45) is 6.30. The molecule has 1 fully saturated rings. The molecule has 0 saturated heterocycles. The molecule has 2 atom stereocenters. The van der Waals surface area contributed by atoms with E-state index in [-0.39, 0.29) is 0 Å². The molecule has 4 heteroatoms. The normalized spacial score (nSPS) is 17.8. The van der Waals surface area contributed by atoms with Crippen LogP contribution in [-0.2, 0) is 6.54 Å². The van der Waals surface area contributed by atoms with Gasteiger partial charge in [0.2, 0.25) is 0 Å². The largest absolute Gasteiger partial charge is 0.348 e. The lowest BCUT2D eigenvalue weighted by Crippen LogP contribution is -2.28. The van der Waals surface area contributed by atoms with Crippen molar-refractivity contribution in [2.75, 3.05) is 11.9 Å². The molecule has 2 unspecified atom stereocenters. The molecule has 120 valence electrons. The van der Waals surface area contributed by atoms with Crippen LogP contribution < -0.4 is 10.2 Å². The van der Waals surface area contributed by atoms with Crippen LogP contribution in [0, 0.1) is 0 Å². The van der Waals surface area contributed by atoms with E-state index in [4.69, 9.17) is 4.98 Å². The maximum absolute atomic E-state index is 4.99. The van der Waals surface area contributed by atoms with Gasteiger partial charge < -0.3 is 10.2 Å². The minimum Gasteiger partial charge on any atom is -0.348 e. The van der Waals surface area contributed by atoms with Crippen molar-refractivity contribution in [3.8, 4) is 0 Å². The second-order valence-corrected chi connectivity index (χ2v) is 7.58. The van der Waals surface area contributed by atoms with Crippen molar-refractivity contribution in [1.82, 2.24) is 10.3 Å². The van der Waals surface area contributed by atoms with Crippen molar-refractivity contribution in [3.63, 3.8) is 0 Å². The Hall–Kier alpha value is -0.610. The summed E-state index contributed by atoms with van der Waals surface area (Å²) in [5, 5.41) is 4.84. The number of aromatic nitrogens is 1. The van der Waals surface area contributed by atoms with Gasteiger partial charge >= 0.3 is 0 Å². The van der Waals surface area contributed by atoms with E-state index in [1.54, 1.807) is 0 Å². The zero-order chi connectivity index (χ0) is 15.4. The highest BCUT2D eigenvalue weighted by molar-refractivity contribution is 7.15. The third-order valence-electron chi connectivity index (χ3n) is 4.59. The lowest BCUT2D eigenvalue weighted by atomic mass is 10.0. The van der Waals surface area contributed by atoms with Gasteiger partial charge in [-0.3, -0.25) is 0 Å². The smallest absolute Gasteiger partial charge is 0.185 e. The highest BCUT2D eigenvalue weighted by atomic mass is 32.1. The zero-order valence-corrected chi connectivity index (χ0v) is 15.1. The van der Waals surface area contributed by atoms with Gasteiger partial charge in [0.25, 0.3) is 0 Å². The van der Waals surface area contributed by atoms with Gasteiger partial charge in [-0.05, 0) is 38.5 Å². The van der Waals surface area contributed by atoms with E-state index in [1.165, 1.54) is 41.4 Å². The molecule has 1 aromatic rings. The SMILES string of the molecule is CCCC(C)N(C)c1nc(C(C)CC)c(CNC2CC2)s1. The number of thiazole rings is 1. The maximum atomic E-state index is 4.99. The van der Waals surface area contributed by atoms with Crippen molar-refractivity contribution < 1.29 is 0 Å². The molecule has 0 aliphatic heterocycles. The van der Waals surface area contributed by atoms with E-state index in [1.807, 2.05) is 11.3 Å². The molecular formula is C17H31N3S. The quantitative estimate of drug-likeness (QED) is 0.726. The van der Waals surface area contributed by atoms with Crippen LogP contribution in [0.15, 0.2) is 0 Å². The van der Waals surface area contributed by atoms with Crippen LogP contribution in [-0.4, -0.2) is 24.1 Å². The van der Waals surface area contributed by atoms with Crippen molar-refractivity contribution >= 4 is 16.5 Å². The Bertz CT molecular complexity index is 439. The number of anilines is 1. The summed E-state index contributed by atoms with van der Waals surface area (Å²) in [5.41, 5.74) is 1.32. The number of hydrogen-bond donors (Lipinski definition) is 1. The van der Waals surface area contributed by atoms with Gasteiger partial charge in [-0.1, -0.05) is 27.2 Å². The Morgan fingerprint density at radius 2 is 2.05 bits per heavy atom. The predicted molar refractivity (Wildman–Crippen MR) is 93.5 cm³/mol. The molecule has 0 amide bonds. The molecule has 0 radical (unpaired) electrons. The number of nitrogens with zero attached hydrogens (tertiary/aromatic N) is 2. The summed E-state index contributed by atoms with van der Waals surface area (Å²) >= 11 is 1.89. The third kappa shape index (κ3) is 4.43. The van der Waals surface area contributed by atoms with Crippen LogP contribution in [0.5, 0.6) is 0 Å². The number of nitrogens with one attached hydrogen (secondary N) is 1. The van der Waals surface area contributed by atoms with Crippen LogP contribution in [0.2, 0.25) is 0 Å². The molecule has 0 aromatic carbocycles. The molecule has 1 heterocycles. The molecule has 3 nitrogen and oxygen atoms in total. The first-order valence-electron chi connectivity index (χ1n) is 8.52. The standard InChI is InChI=1S/C17H31N3S/c1-6-8-13(4)20(5)17-19-16(12(3)7-2)15(21-17)11-18-14-9-10-14/h12-14,18H,6-11H2,1-5H3. The third-order valence-corrected chi connectivity index (χ3v) is 5.76. The molecule has 1 aliphatic carbocycles. The van der Waals surface area contributed by atoms with Crippen LogP contribution in [0.1, 0.15) is 76.3 Å². The minimum absolute atomic E-state index is 0.556. The summed E-state index contributed by atoms with van der Waals surface area (Å²) in [4.78, 5) is 8.79. The second-order valence-electron chi connectivity index (χ2n) is 6.52. The first kappa shape index (κ1) is 16.8. The average molecular weight is 310 g/mol. The predicted octanol–water partition coefficient (Wildman–Crippen LogP) is 4.53. The lowest BCUT2D eigenvalue weighted by molar-refractivity contribution is 0.612. The van der Waals surface area contributed by atoms with E-state index in [2.05, 4.69) is 45.0 Å². The summed E-state index contributed by atoms with van der Waals surface area (Å²) in [7, 11) is 2.19. The Morgan fingerprint density at radius 3 is 2.62 bits per heavy atom. The van der Waals surface area contributed by atoms with Crippen LogP contribution >= 0.6 is 11.3 Å². The first-order valence-corrected chi connectivity index (χ1v) is 9.34. The monoisotopic (exact) mass is 309 g/mol. The summed E-state index contributed by atoms with van der Waals surface area (Å²) in [6.45, 7) is 10.1. The molecule has 21 heavy (non-hydrogen) atoms. The Labute approximate surface area is 134 Å². The van der Waals surface area contributed by atoms with Gasteiger partial charge in [-0.15, -0.1) is 11.3 Å². The fourth-order valence-corrected chi connectivity index (χ4v) is 3.73. The van der Waals surface area contributed by atoms with E-state index in [9.17, 15) is 0 Å². The highest BCUT2D eigenvalue weighted by Gasteiger charge is 2.24. The molecule has 1 saturated carbocycles. The Balaban J connectivity index is 2.13. The maximum Gasteiger partial charge on any atom is 0.185 e. The molecule has 1 N–H and O–H groups in total. The Kier molecular flexibility index (Phi) is 6.06. The van der Waals surface area contributed by atoms with Crippen molar-refractivity contribution in [2.45, 2.75) is 84.3 Å². The minimum atomic E-state index is 0.556. The molecule has 1 aliphatic rings. The van der Waals surface area contributed by atoms with Crippen molar-refractivity contribution in [1.29, 1.82) is 0 Å². The molecular weight excluding hydrogens is 278 g/mol. The van der Waals surface area contributed by atoms with Crippen LogP contribution in [0.4, 0.5) is 5.13 Å². The topological polar surface area (TPSA) is 28.2 Å². The summed E-state index contributed by atoms with van der Waals surface area (Å²) in [6, 6.07) is 1.33. The Morgan fingerprint density at radius 1 is 1.33 bits per heavy atom. The number of rotatable bonds is 9. The van der Waals surface area contributed by atoms with Crippen LogP contribution in [0.3, 0.4) is 0 Å². The number of hydrogen-bond acceptors (Lipinski definition) is 4. The van der Waals surface area contributed by atoms with Gasteiger partial charge in [0.1, 0.15) is 0 Å². The molecule has 0 bridgehead atoms. The lowest BCUT2D eigenvalue weighted by Gasteiger charge is -2.23. The van der Waals surface area contributed by atoms with Gasteiger partial charge in [0, 0.05) is 30.6 Å². The summed E-state index contributed by atoms with van der Waals surface area (Å²) < 4.78 is 0. The van der Waals surface area contributed by atoms with E-state index in [0.29, 0.717) is 12.0 Å². The second kappa shape index (κ2) is 7.59. The molecule has 0 spiro atoms. The van der Waals surface area contributed by atoms with Crippen LogP contribution in [0.25, 0.3) is 0 Å². The van der Waals surface area contributed by atoms with Crippen molar-refractivity contribution in [3.05, 3.63) is 10.6 Å². The van der Waals surface area contributed by atoms with Gasteiger partial charge in [-0.2, -0.15) is 0 Å². The highest BCUT2D eigenvalue weighted by Crippen LogP contribution is 2.33.